The number of thioether (sulfide) groups is 1. The highest BCUT2D eigenvalue weighted by Gasteiger charge is 2.16. The topological polar surface area (TPSA) is 84.5 Å². The number of benzene rings is 2. The van der Waals surface area contributed by atoms with Gasteiger partial charge in [-0.3, -0.25) is 9.59 Å². The number of nitrogens with one attached hydrogen (secondary N) is 2. The zero-order valence-corrected chi connectivity index (χ0v) is 16.0. The zero-order chi connectivity index (χ0) is 19.6. The summed E-state index contributed by atoms with van der Waals surface area (Å²) in [4.78, 5) is 36.7. The van der Waals surface area contributed by atoms with Crippen molar-refractivity contribution in [3.05, 3.63) is 60.2 Å². The van der Waals surface area contributed by atoms with Gasteiger partial charge in [-0.05, 0) is 38.1 Å². The Balaban J connectivity index is 1.90. The lowest BCUT2D eigenvalue weighted by Crippen LogP contribution is -2.31. The van der Waals surface area contributed by atoms with Crippen LogP contribution in [0.1, 0.15) is 24.2 Å². The van der Waals surface area contributed by atoms with E-state index in [9.17, 15) is 14.4 Å². The molecule has 0 aliphatic rings. The average Bonchev–Trinajstić information content (AvgIpc) is 2.65. The Morgan fingerprint density at radius 1 is 0.963 bits per heavy atom. The van der Waals surface area contributed by atoms with Crippen LogP contribution in [0.2, 0.25) is 0 Å². The number of amides is 2. The molecule has 0 unspecified atom stereocenters. The summed E-state index contributed by atoms with van der Waals surface area (Å²) >= 11 is 1.25. The second kappa shape index (κ2) is 10.4. The van der Waals surface area contributed by atoms with Crippen molar-refractivity contribution in [2.75, 3.05) is 17.7 Å². The van der Waals surface area contributed by atoms with Crippen LogP contribution in [0.25, 0.3) is 0 Å². The summed E-state index contributed by atoms with van der Waals surface area (Å²) in [7, 11) is 0. The number of carbonyl (C=O) groups excluding carboxylic acids is 3. The van der Waals surface area contributed by atoms with E-state index in [-0.39, 0.29) is 24.3 Å². The average molecular weight is 386 g/mol. The van der Waals surface area contributed by atoms with Gasteiger partial charge in [0.05, 0.1) is 11.3 Å². The molecular weight excluding hydrogens is 364 g/mol. The molecule has 2 aromatic rings. The second-order valence-electron chi connectivity index (χ2n) is 6.00. The van der Waals surface area contributed by atoms with E-state index in [0.717, 1.165) is 0 Å². The largest absolute Gasteiger partial charge is 0.452 e. The SMILES string of the molecule is CC(C)NC(=O)CSc1ccccc1C(=O)OCC(=O)Nc1ccccc1. The summed E-state index contributed by atoms with van der Waals surface area (Å²) in [5.74, 6) is -0.946. The summed E-state index contributed by atoms with van der Waals surface area (Å²) in [6.45, 7) is 3.38. The lowest BCUT2D eigenvalue weighted by atomic mass is 10.2. The molecule has 0 aliphatic heterocycles. The Morgan fingerprint density at radius 2 is 1.63 bits per heavy atom. The number of para-hydroxylation sites is 1. The Morgan fingerprint density at radius 3 is 2.33 bits per heavy atom. The summed E-state index contributed by atoms with van der Waals surface area (Å²) in [6.07, 6.45) is 0. The summed E-state index contributed by atoms with van der Waals surface area (Å²) in [6, 6.07) is 15.8. The standard InChI is InChI=1S/C20H22N2O4S/c1-14(2)21-19(24)13-27-17-11-7-6-10-16(17)20(25)26-12-18(23)22-15-8-4-3-5-9-15/h3-11,14H,12-13H2,1-2H3,(H,21,24)(H,22,23). The Hall–Kier alpha value is -2.80. The van der Waals surface area contributed by atoms with Crippen molar-refractivity contribution in [3.8, 4) is 0 Å². The van der Waals surface area contributed by atoms with Crippen molar-refractivity contribution >= 4 is 35.2 Å². The first-order chi connectivity index (χ1) is 13.0. The molecule has 0 saturated carbocycles. The number of carbonyl (C=O) groups is 3. The van der Waals surface area contributed by atoms with Crippen molar-refractivity contribution in [2.24, 2.45) is 0 Å². The van der Waals surface area contributed by atoms with Crippen LogP contribution in [0.4, 0.5) is 5.69 Å². The Labute approximate surface area is 162 Å². The fourth-order valence-electron chi connectivity index (χ4n) is 2.20. The van der Waals surface area contributed by atoms with Crippen molar-refractivity contribution in [1.29, 1.82) is 0 Å². The van der Waals surface area contributed by atoms with Crippen molar-refractivity contribution < 1.29 is 19.1 Å². The molecule has 2 rings (SSSR count). The predicted octanol–water partition coefficient (Wildman–Crippen LogP) is 3.10. The van der Waals surface area contributed by atoms with E-state index in [2.05, 4.69) is 10.6 Å². The highest BCUT2D eigenvalue weighted by Crippen LogP contribution is 2.23. The highest BCUT2D eigenvalue weighted by molar-refractivity contribution is 8.00. The molecule has 2 N–H and O–H groups in total. The minimum Gasteiger partial charge on any atom is -0.452 e. The minimum absolute atomic E-state index is 0.0569. The molecule has 0 heterocycles. The molecule has 7 heteroatoms. The van der Waals surface area contributed by atoms with Crippen LogP contribution >= 0.6 is 11.8 Å². The van der Waals surface area contributed by atoms with E-state index in [1.807, 2.05) is 19.9 Å². The zero-order valence-electron chi connectivity index (χ0n) is 15.2. The van der Waals surface area contributed by atoms with Gasteiger partial charge in [0.2, 0.25) is 5.91 Å². The molecule has 0 spiro atoms. The molecule has 0 bridgehead atoms. The van der Waals surface area contributed by atoms with E-state index in [1.165, 1.54) is 11.8 Å². The van der Waals surface area contributed by atoms with Gasteiger partial charge in [-0.25, -0.2) is 4.79 Å². The quantitative estimate of drug-likeness (QED) is 0.538. The number of esters is 1. The van der Waals surface area contributed by atoms with Crippen LogP contribution in [0.3, 0.4) is 0 Å². The molecule has 6 nitrogen and oxygen atoms in total. The van der Waals surface area contributed by atoms with Crippen molar-refractivity contribution in [1.82, 2.24) is 5.32 Å². The van der Waals surface area contributed by atoms with Crippen LogP contribution in [0.15, 0.2) is 59.5 Å². The Kier molecular flexibility index (Phi) is 7.88. The second-order valence-corrected chi connectivity index (χ2v) is 7.01. The summed E-state index contributed by atoms with van der Waals surface area (Å²) in [5.41, 5.74) is 0.957. The van der Waals surface area contributed by atoms with Gasteiger partial charge in [0.25, 0.3) is 5.91 Å². The third-order valence-electron chi connectivity index (χ3n) is 3.31. The van der Waals surface area contributed by atoms with E-state index < -0.39 is 11.9 Å². The first kappa shape index (κ1) is 20.5. The van der Waals surface area contributed by atoms with E-state index in [0.29, 0.717) is 16.1 Å². The fraction of sp³-hybridized carbons (Fsp3) is 0.250. The molecular formula is C20H22N2O4S. The maximum absolute atomic E-state index is 12.3. The molecule has 0 radical (unpaired) electrons. The van der Waals surface area contributed by atoms with E-state index in [4.69, 9.17) is 4.74 Å². The third kappa shape index (κ3) is 7.15. The van der Waals surface area contributed by atoms with Crippen molar-refractivity contribution in [2.45, 2.75) is 24.8 Å². The maximum atomic E-state index is 12.3. The molecule has 27 heavy (non-hydrogen) atoms. The smallest absolute Gasteiger partial charge is 0.339 e. The molecule has 2 aromatic carbocycles. The fourth-order valence-corrected chi connectivity index (χ4v) is 3.05. The first-order valence-electron chi connectivity index (χ1n) is 8.49. The van der Waals surface area contributed by atoms with Crippen LogP contribution in [-0.2, 0) is 14.3 Å². The maximum Gasteiger partial charge on any atom is 0.339 e. The summed E-state index contributed by atoms with van der Waals surface area (Å²) in [5, 5.41) is 5.44. The molecule has 0 saturated heterocycles. The van der Waals surface area contributed by atoms with Gasteiger partial charge >= 0.3 is 5.97 Å². The van der Waals surface area contributed by atoms with Gasteiger partial charge in [-0.1, -0.05) is 30.3 Å². The lowest BCUT2D eigenvalue weighted by molar-refractivity contribution is -0.119. The predicted molar refractivity (Wildman–Crippen MR) is 106 cm³/mol. The van der Waals surface area contributed by atoms with Gasteiger partial charge in [0.15, 0.2) is 6.61 Å². The normalized spacial score (nSPS) is 10.3. The minimum atomic E-state index is -0.606. The number of hydrogen-bond acceptors (Lipinski definition) is 5. The van der Waals surface area contributed by atoms with Gasteiger partial charge in [0.1, 0.15) is 0 Å². The number of anilines is 1. The van der Waals surface area contributed by atoms with Crippen molar-refractivity contribution in [3.63, 3.8) is 0 Å². The molecule has 142 valence electrons. The molecule has 0 aliphatic carbocycles. The number of hydrogen-bond donors (Lipinski definition) is 2. The first-order valence-corrected chi connectivity index (χ1v) is 9.47. The number of rotatable bonds is 8. The molecule has 0 aromatic heterocycles. The summed E-state index contributed by atoms with van der Waals surface area (Å²) < 4.78 is 5.11. The van der Waals surface area contributed by atoms with E-state index >= 15 is 0 Å². The Bertz CT molecular complexity index is 794. The van der Waals surface area contributed by atoms with Gasteiger partial charge in [-0.15, -0.1) is 11.8 Å². The van der Waals surface area contributed by atoms with E-state index in [1.54, 1.807) is 48.5 Å². The third-order valence-corrected chi connectivity index (χ3v) is 4.38. The van der Waals surface area contributed by atoms with Crippen LogP contribution < -0.4 is 10.6 Å². The highest BCUT2D eigenvalue weighted by atomic mass is 32.2. The molecule has 2 amide bonds. The van der Waals surface area contributed by atoms with Gasteiger partial charge in [-0.2, -0.15) is 0 Å². The van der Waals surface area contributed by atoms with Gasteiger partial charge in [0, 0.05) is 16.6 Å². The van der Waals surface area contributed by atoms with Crippen LogP contribution in [0, 0.1) is 0 Å². The van der Waals surface area contributed by atoms with Gasteiger partial charge < -0.3 is 15.4 Å². The monoisotopic (exact) mass is 386 g/mol. The number of ether oxygens (including phenoxy) is 1. The van der Waals surface area contributed by atoms with Crippen LogP contribution in [-0.4, -0.2) is 36.2 Å². The lowest BCUT2D eigenvalue weighted by Gasteiger charge is -2.11. The molecule has 0 atom stereocenters. The molecule has 0 fully saturated rings. The van der Waals surface area contributed by atoms with Crippen LogP contribution in [0.5, 0.6) is 0 Å².